The first-order valence-corrected chi connectivity index (χ1v) is 16.7. The Morgan fingerprint density at radius 2 is 1.81 bits per heavy atom. The minimum absolute atomic E-state index is 0.0778. The van der Waals surface area contributed by atoms with Crippen LogP contribution in [-0.2, 0) is 11.2 Å². The summed E-state index contributed by atoms with van der Waals surface area (Å²) >= 11 is 1.37. The van der Waals surface area contributed by atoms with E-state index in [2.05, 4.69) is 40.7 Å². The van der Waals surface area contributed by atoms with Gasteiger partial charge in [-0.05, 0) is 64.2 Å². The van der Waals surface area contributed by atoms with Crippen molar-refractivity contribution in [2.75, 3.05) is 22.8 Å². The number of hydrogen-bond donors (Lipinski definition) is 2. The summed E-state index contributed by atoms with van der Waals surface area (Å²) in [7, 11) is 0. The van der Waals surface area contributed by atoms with Crippen molar-refractivity contribution in [1.82, 2.24) is 24.7 Å². The molecule has 0 fully saturated rings. The minimum atomic E-state index is -4.40. The number of rotatable bonds is 6. The van der Waals surface area contributed by atoms with Crippen LogP contribution in [0.15, 0.2) is 66.0 Å². The first-order valence-electron chi connectivity index (χ1n) is 15.9. The first-order chi connectivity index (χ1) is 23.0. The fourth-order valence-electron chi connectivity index (χ4n) is 5.05. The van der Waals surface area contributed by atoms with Gasteiger partial charge in [0.15, 0.2) is 11.6 Å². The number of aromatic nitrogens is 5. The zero-order valence-electron chi connectivity index (χ0n) is 27.6. The molecule has 4 heterocycles. The molecule has 1 atom stereocenters. The topological polar surface area (TPSA) is 118 Å². The average Bonchev–Trinajstić information content (AvgIpc) is 3.54. The molecule has 10 nitrogen and oxygen atoms in total. The van der Waals surface area contributed by atoms with Gasteiger partial charge < -0.3 is 19.5 Å². The fourth-order valence-corrected chi connectivity index (χ4v) is 5.64. The van der Waals surface area contributed by atoms with Gasteiger partial charge >= 0.3 is 6.18 Å². The van der Waals surface area contributed by atoms with Crippen LogP contribution in [0.5, 0.6) is 5.88 Å². The fraction of sp³-hybridized carbons (Fsp3) is 0.441. The van der Waals surface area contributed by atoms with Crippen LogP contribution in [-0.4, -0.2) is 61.7 Å². The van der Waals surface area contributed by atoms with Gasteiger partial charge in [-0.25, -0.2) is 19.6 Å². The van der Waals surface area contributed by atoms with Gasteiger partial charge in [-0.1, -0.05) is 50.1 Å². The number of fused-ring (bicyclic) bond motifs is 6. The lowest BCUT2D eigenvalue weighted by molar-refractivity contribution is -0.219. The normalized spacial score (nSPS) is 14.8. The smallest absolute Gasteiger partial charge is 0.397 e. The molecular formula is C34H42F3N7O3S. The molecule has 48 heavy (non-hydrogen) atoms. The number of nitrogens with one attached hydrogen (secondary N) is 1. The Bertz CT molecular complexity index is 1630. The van der Waals surface area contributed by atoms with Gasteiger partial charge in [0, 0.05) is 42.4 Å². The molecule has 0 saturated carbocycles. The third-order valence-electron chi connectivity index (χ3n) is 8.14. The number of hydrogen-bond acceptors (Lipinski definition) is 9. The van der Waals surface area contributed by atoms with Crippen LogP contribution in [0.1, 0.15) is 65.4 Å². The summed E-state index contributed by atoms with van der Waals surface area (Å²) in [4.78, 5) is 25.4. The second-order valence-corrected chi connectivity index (χ2v) is 12.9. The number of carboxylic acid groups (broad SMARTS) is 1. The molecule has 14 heteroatoms. The van der Waals surface area contributed by atoms with Crippen molar-refractivity contribution < 1.29 is 27.8 Å². The molecule has 1 aliphatic heterocycles. The number of ether oxygens (including phenoxy) is 1. The number of anilines is 2. The van der Waals surface area contributed by atoms with E-state index in [4.69, 9.17) is 29.6 Å². The van der Waals surface area contributed by atoms with Crippen LogP contribution < -0.4 is 14.4 Å². The predicted molar refractivity (Wildman–Crippen MR) is 182 cm³/mol. The molecule has 0 amide bonds. The quantitative estimate of drug-likeness (QED) is 0.152. The molecule has 0 radical (unpaired) electrons. The molecule has 0 aliphatic carbocycles. The SMILES string of the molecule is CCC(C)N1CCCCCCc2ccccc2-c2nc(cnc2-n2ccc(OCC(C)(C)C(F)(F)F)n2)NSc2cccc1n2.O=CO. The van der Waals surface area contributed by atoms with Crippen LogP contribution in [0.4, 0.5) is 24.8 Å². The van der Waals surface area contributed by atoms with Gasteiger partial charge in [0.25, 0.3) is 6.47 Å². The van der Waals surface area contributed by atoms with Crippen molar-refractivity contribution >= 4 is 30.1 Å². The van der Waals surface area contributed by atoms with E-state index in [1.807, 2.05) is 30.3 Å². The van der Waals surface area contributed by atoms with Gasteiger partial charge in [0.1, 0.15) is 23.1 Å². The molecule has 1 aromatic carbocycles. The van der Waals surface area contributed by atoms with E-state index in [-0.39, 0.29) is 12.4 Å². The molecule has 1 aliphatic rings. The van der Waals surface area contributed by atoms with Crippen LogP contribution >= 0.6 is 11.9 Å². The largest absolute Gasteiger partial charge is 0.483 e. The highest BCUT2D eigenvalue weighted by Crippen LogP contribution is 2.38. The van der Waals surface area contributed by atoms with E-state index >= 15 is 0 Å². The van der Waals surface area contributed by atoms with Gasteiger partial charge in [0.2, 0.25) is 5.88 Å². The molecule has 258 valence electrons. The van der Waals surface area contributed by atoms with Crippen LogP contribution in [0.25, 0.3) is 17.1 Å². The molecular weight excluding hydrogens is 643 g/mol. The summed E-state index contributed by atoms with van der Waals surface area (Å²) in [6.07, 6.45) is 5.08. The molecule has 4 bridgehead atoms. The lowest BCUT2D eigenvalue weighted by atomic mass is 9.94. The second kappa shape index (κ2) is 16.7. The molecule has 2 N–H and O–H groups in total. The van der Waals surface area contributed by atoms with Crippen molar-refractivity contribution in [2.45, 2.75) is 83.5 Å². The number of carbonyl (C=O) groups is 1. The summed E-state index contributed by atoms with van der Waals surface area (Å²) in [5.41, 5.74) is 0.659. The average molecular weight is 686 g/mol. The summed E-state index contributed by atoms with van der Waals surface area (Å²) < 4.78 is 50.4. The van der Waals surface area contributed by atoms with Crippen molar-refractivity contribution in [2.24, 2.45) is 5.41 Å². The number of nitrogens with zero attached hydrogens (tertiary/aromatic N) is 6. The Labute approximate surface area is 283 Å². The first kappa shape index (κ1) is 36.5. The Morgan fingerprint density at radius 3 is 2.56 bits per heavy atom. The van der Waals surface area contributed by atoms with E-state index in [0.29, 0.717) is 23.4 Å². The molecule has 5 rings (SSSR count). The van der Waals surface area contributed by atoms with E-state index in [9.17, 15) is 13.2 Å². The number of aryl methyl sites for hydroxylation is 1. The van der Waals surface area contributed by atoms with E-state index in [0.717, 1.165) is 80.9 Å². The van der Waals surface area contributed by atoms with Gasteiger partial charge in [-0.2, -0.15) is 13.2 Å². The summed E-state index contributed by atoms with van der Waals surface area (Å²) in [6, 6.07) is 16.1. The standard InChI is InChI=1S/C33H40F3N7OS.CH2O2/c1-5-23(2)42-19-11-7-6-8-13-24-14-9-10-15-25(24)30-31(37-21-26(38-30)41-45-29-17-12-16-27(42)39-29)43-20-18-28(40-43)44-22-32(3,4)33(34,35)36;2-1-3/h9-10,12,14-18,20-21,23H,5-8,11,13,19,22H2,1-4H3,(H,38,41);1H,(H,2,3). The van der Waals surface area contributed by atoms with Crippen LogP contribution in [0.2, 0.25) is 0 Å². The van der Waals surface area contributed by atoms with Crippen molar-refractivity contribution in [3.8, 4) is 23.0 Å². The third-order valence-corrected chi connectivity index (χ3v) is 8.88. The second-order valence-electron chi connectivity index (χ2n) is 12.1. The van der Waals surface area contributed by atoms with E-state index in [1.165, 1.54) is 22.7 Å². The van der Waals surface area contributed by atoms with Crippen molar-refractivity contribution in [1.29, 1.82) is 0 Å². The number of benzene rings is 1. The number of alkyl halides is 3. The molecule has 1 unspecified atom stereocenters. The maximum atomic E-state index is 13.4. The minimum Gasteiger partial charge on any atom is -0.483 e. The zero-order valence-corrected chi connectivity index (χ0v) is 28.4. The highest BCUT2D eigenvalue weighted by atomic mass is 32.2. The third kappa shape index (κ3) is 9.39. The highest BCUT2D eigenvalue weighted by Gasteiger charge is 2.48. The van der Waals surface area contributed by atoms with Crippen molar-refractivity contribution in [3.05, 3.63) is 66.5 Å². The summed E-state index contributed by atoms with van der Waals surface area (Å²) in [6.45, 7) is 6.81. The molecule has 3 aromatic heterocycles. The lowest BCUT2D eigenvalue weighted by Gasteiger charge is -2.30. The van der Waals surface area contributed by atoms with Gasteiger partial charge in [0.05, 0.1) is 11.6 Å². The van der Waals surface area contributed by atoms with Crippen LogP contribution in [0.3, 0.4) is 0 Å². The Balaban J connectivity index is 0.00000167. The maximum absolute atomic E-state index is 13.4. The predicted octanol–water partition coefficient (Wildman–Crippen LogP) is 8.23. The van der Waals surface area contributed by atoms with Gasteiger partial charge in [-0.3, -0.25) is 4.79 Å². The Kier molecular flexibility index (Phi) is 12.7. The highest BCUT2D eigenvalue weighted by molar-refractivity contribution is 8.00. The maximum Gasteiger partial charge on any atom is 0.397 e. The van der Waals surface area contributed by atoms with E-state index in [1.54, 1.807) is 12.4 Å². The number of halogens is 3. The zero-order chi connectivity index (χ0) is 34.7. The monoisotopic (exact) mass is 685 g/mol. The summed E-state index contributed by atoms with van der Waals surface area (Å²) in [5.74, 6) is 2.03. The van der Waals surface area contributed by atoms with E-state index < -0.39 is 18.2 Å². The number of pyridine rings is 1. The summed E-state index contributed by atoms with van der Waals surface area (Å²) in [5, 5.41) is 12.1. The molecule has 4 aromatic rings. The lowest BCUT2D eigenvalue weighted by Crippen LogP contribution is -2.37. The molecule has 0 spiro atoms. The Hall–Kier alpha value is -4.33. The van der Waals surface area contributed by atoms with Crippen molar-refractivity contribution in [3.63, 3.8) is 0 Å². The van der Waals surface area contributed by atoms with Gasteiger partial charge in [-0.15, -0.1) is 5.10 Å². The Morgan fingerprint density at radius 1 is 1.06 bits per heavy atom. The van der Waals surface area contributed by atoms with Crippen LogP contribution in [0, 0.1) is 5.41 Å². The molecule has 0 saturated heterocycles.